The van der Waals surface area contributed by atoms with Crippen molar-refractivity contribution >= 4 is 60.6 Å². The van der Waals surface area contributed by atoms with E-state index in [0.717, 1.165) is 49.3 Å². The number of benzene rings is 2. The monoisotopic (exact) mass is 471 g/mol. The van der Waals surface area contributed by atoms with E-state index in [-0.39, 0.29) is 0 Å². The molecule has 0 atom stereocenters. The van der Waals surface area contributed by atoms with E-state index in [2.05, 4.69) is 75.4 Å². The van der Waals surface area contributed by atoms with Crippen LogP contribution in [0.25, 0.3) is 21.3 Å². The maximum absolute atomic E-state index is 6.53. The lowest BCUT2D eigenvalue weighted by Gasteiger charge is -2.14. The molecule has 0 radical (unpaired) electrons. The Labute approximate surface area is 181 Å². The van der Waals surface area contributed by atoms with Crippen molar-refractivity contribution in [1.82, 2.24) is 9.97 Å². The lowest BCUT2D eigenvalue weighted by atomic mass is 10.0. The van der Waals surface area contributed by atoms with Crippen molar-refractivity contribution in [2.24, 2.45) is 0 Å². The largest absolute Gasteiger partial charge is 0.338 e. The molecule has 0 aliphatic heterocycles. The summed E-state index contributed by atoms with van der Waals surface area (Å²) >= 11 is 11.8. The van der Waals surface area contributed by atoms with Gasteiger partial charge in [0.2, 0.25) is 0 Å². The third-order valence-corrected chi connectivity index (χ3v) is 6.76. The number of hydrogen-bond acceptors (Lipinski definition) is 4. The zero-order valence-electron chi connectivity index (χ0n) is 15.8. The number of halogens is 2. The normalized spacial score (nSPS) is 11.2. The van der Waals surface area contributed by atoms with Crippen molar-refractivity contribution < 1.29 is 0 Å². The standard InChI is InChI=1S/C22H19BrClN3S/c1-4-17-18(14-5-7-15(23)8-6-14)19-21(25-11-26-22(19)28-17)27-20-13(3)9-12(2)10-16(20)24/h5-11H,4H2,1-3H3,(H,25,26,27). The number of hydrogen-bond donors (Lipinski definition) is 1. The van der Waals surface area contributed by atoms with E-state index < -0.39 is 0 Å². The first-order valence-electron chi connectivity index (χ1n) is 9.04. The molecule has 0 bridgehead atoms. The quantitative estimate of drug-likeness (QED) is 0.331. The van der Waals surface area contributed by atoms with E-state index in [9.17, 15) is 0 Å². The van der Waals surface area contributed by atoms with Crippen LogP contribution in [-0.2, 0) is 6.42 Å². The van der Waals surface area contributed by atoms with E-state index in [4.69, 9.17) is 11.6 Å². The molecular formula is C22H19BrClN3S. The summed E-state index contributed by atoms with van der Waals surface area (Å²) in [7, 11) is 0. The Morgan fingerprint density at radius 3 is 2.54 bits per heavy atom. The van der Waals surface area contributed by atoms with Gasteiger partial charge in [-0.3, -0.25) is 0 Å². The van der Waals surface area contributed by atoms with Gasteiger partial charge in [-0.15, -0.1) is 11.3 Å². The second-order valence-electron chi connectivity index (χ2n) is 6.73. The van der Waals surface area contributed by atoms with Gasteiger partial charge in [0.15, 0.2) is 0 Å². The molecule has 0 aliphatic rings. The van der Waals surface area contributed by atoms with Gasteiger partial charge in [-0.05, 0) is 55.2 Å². The molecule has 0 unspecified atom stereocenters. The van der Waals surface area contributed by atoms with Crippen LogP contribution in [0.2, 0.25) is 5.02 Å². The van der Waals surface area contributed by atoms with E-state index in [1.807, 2.05) is 13.0 Å². The molecule has 0 aliphatic carbocycles. The molecule has 2 aromatic carbocycles. The molecule has 0 saturated heterocycles. The average molecular weight is 473 g/mol. The van der Waals surface area contributed by atoms with Gasteiger partial charge in [0, 0.05) is 14.9 Å². The number of aromatic nitrogens is 2. The van der Waals surface area contributed by atoms with Gasteiger partial charge in [-0.25, -0.2) is 9.97 Å². The van der Waals surface area contributed by atoms with Crippen molar-refractivity contribution in [2.75, 3.05) is 5.32 Å². The maximum Gasteiger partial charge on any atom is 0.143 e. The van der Waals surface area contributed by atoms with Gasteiger partial charge in [0.05, 0.1) is 16.1 Å². The molecular weight excluding hydrogens is 454 g/mol. The minimum Gasteiger partial charge on any atom is -0.338 e. The number of rotatable bonds is 4. The third-order valence-electron chi connectivity index (χ3n) is 4.69. The second-order valence-corrected chi connectivity index (χ2v) is 9.13. The summed E-state index contributed by atoms with van der Waals surface area (Å²) in [5.41, 5.74) is 5.47. The van der Waals surface area contributed by atoms with Crippen LogP contribution in [0.5, 0.6) is 0 Å². The summed E-state index contributed by atoms with van der Waals surface area (Å²) in [6, 6.07) is 12.5. The van der Waals surface area contributed by atoms with Gasteiger partial charge < -0.3 is 5.32 Å². The van der Waals surface area contributed by atoms with E-state index in [1.54, 1.807) is 17.7 Å². The lowest BCUT2D eigenvalue weighted by molar-refractivity contribution is 1.19. The number of nitrogens with zero attached hydrogens (tertiary/aromatic N) is 2. The summed E-state index contributed by atoms with van der Waals surface area (Å²) < 4.78 is 1.06. The van der Waals surface area contributed by atoms with Crippen molar-refractivity contribution in [3.63, 3.8) is 0 Å². The molecule has 1 N–H and O–H groups in total. The zero-order valence-corrected chi connectivity index (χ0v) is 19.0. The van der Waals surface area contributed by atoms with Crippen LogP contribution < -0.4 is 5.32 Å². The highest BCUT2D eigenvalue weighted by Gasteiger charge is 2.19. The van der Waals surface area contributed by atoms with Crippen LogP contribution in [0.15, 0.2) is 47.2 Å². The van der Waals surface area contributed by atoms with E-state index in [0.29, 0.717) is 5.02 Å². The Kier molecular flexibility index (Phi) is 5.41. The molecule has 2 heterocycles. The Balaban J connectivity index is 1.93. The first kappa shape index (κ1) is 19.4. The van der Waals surface area contributed by atoms with Crippen molar-refractivity contribution in [3.8, 4) is 11.1 Å². The average Bonchev–Trinajstić information content (AvgIpc) is 3.04. The van der Waals surface area contributed by atoms with Crippen molar-refractivity contribution in [2.45, 2.75) is 27.2 Å². The summed E-state index contributed by atoms with van der Waals surface area (Å²) in [4.78, 5) is 11.4. The van der Waals surface area contributed by atoms with E-state index in [1.165, 1.54) is 10.4 Å². The number of anilines is 2. The van der Waals surface area contributed by atoms with Gasteiger partial charge in [0.1, 0.15) is 17.0 Å². The molecule has 4 aromatic rings. The molecule has 3 nitrogen and oxygen atoms in total. The summed E-state index contributed by atoms with van der Waals surface area (Å²) in [6.07, 6.45) is 2.56. The van der Waals surface area contributed by atoms with Crippen LogP contribution in [0.4, 0.5) is 11.5 Å². The predicted octanol–water partition coefficient (Wildman–Crippen LogP) is 7.70. The summed E-state index contributed by atoms with van der Waals surface area (Å²) in [6.45, 7) is 6.28. The Morgan fingerprint density at radius 1 is 1.11 bits per heavy atom. The maximum atomic E-state index is 6.53. The summed E-state index contributed by atoms with van der Waals surface area (Å²) in [5, 5.41) is 5.22. The smallest absolute Gasteiger partial charge is 0.143 e. The Hall–Kier alpha value is -1.95. The highest BCUT2D eigenvalue weighted by Crippen LogP contribution is 2.42. The topological polar surface area (TPSA) is 37.8 Å². The van der Waals surface area contributed by atoms with Crippen LogP contribution >= 0.6 is 38.9 Å². The molecule has 0 amide bonds. The molecule has 0 fully saturated rings. The van der Waals surface area contributed by atoms with Crippen molar-refractivity contribution in [3.05, 3.63) is 68.2 Å². The molecule has 0 saturated carbocycles. The van der Waals surface area contributed by atoms with Crippen LogP contribution in [-0.4, -0.2) is 9.97 Å². The summed E-state index contributed by atoms with van der Waals surface area (Å²) in [5.74, 6) is 0.785. The van der Waals surface area contributed by atoms with Gasteiger partial charge in [0.25, 0.3) is 0 Å². The van der Waals surface area contributed by atoms with Gasteiger partial charge in [-0.2, -0.15) is 0 Å². The molecule has 142 valence electrons. The highest BCUT2D eigenvalue weighted by atomic mass is 79.9. The fourth-order valence-corrected chi connectivity index (χ4v) is 5.17. The molecule has 2 aromatic heterocycles. The van der Waals surface area contributed by atoms with Crippen LogP contribution in [0.3, 0.4) is 0 Å². The number of thiophene rings is 1. The molecule has 0 spiro atoms. The number of nitrogens with one attached hydrogen (secondary N) is 1. The fourth-order valence-electron chi connectivity index (χ4n) is 3.44. The van der Waals surface area contributed by atoms with Gasteiger partial charge in [-0.1, -0.05) is 52.7 Å². The molecule has 28 heavy (non-hydrogen) atoms. The number of fused-ring (bicyclic) bond motifs is 1. The zero-order chi connectivity index (χ0) is 19.8. The van der Waals surface area contributed by atoms with Crippen molar-refractivity contribution in [1.29, 1.82) is 0 Å². The number of aryl methyl sites for hydroxylation is 3. The SMILES string of the molecule is CCc1sc2ncnc(Nc3c(C)cc(C)cc3Cl)c2c1-c1ccc(Br)cc1. The third kappa shape index (κ3) is 3.54. The predicted molar refractivity (Wildman–Crippen MR) is 124 cm³/mol. The minimum absolute atomic E-state index is 0.695. The lowest BCUT2D eigenvalue weighted by Crippen LogP contribution is -1.99. The van der Waals surface area contributed by atoms with Gasteiger partial charge >= 0.3 is 0 Å². The minimum atomic E-state index is 0.695. The highest BCUT2D eigenvalue weighted by molar-refractivity contribution is 9.10. The van der Waals surface area contributed by atoms with Crippen LogP contribution in [0, 0.1) is 13.8 Å². The Bertz CT molecular complexity index is 1150. The first-order valence-corrected chi connectivity index (χ1v) is 11.0. The molecule has 4 rings (SSSR count). The first-order chi connectivity index (χ1) is 13.5. The fraction of sp³-hybridized carbons (Fsp3) is 0.182. The van der Waals surface area contributed by atoms with Crippen LogP contribution in [0.1, 0.15) is 22.9 Å². The Morgan fingerprint density at radius 2 is 1.86 bits per heavy atom. The second kappa shape index (κ2) is 7.82. The van der Waals surface area contributed by atoms with E-state index >= 15 is 0 Å². The molecule has 6 heteroatoms.